The Labute approximate surface area is 180 Å². The lowest BCUT2D eigenvalue weighted by molar-refractivity contribution is 0.0914. The van der Waals surface area contributed by atoms with Gasteiger partial charge in [0, 0.05) is 17.5 Å². The highest BCUT2D eigenvalue weighted by molar-refractivity contribution is 7.20. The molecule has 0 unspecified atom stereocenters. The van der Waals surface area contributed by atoms with E-state index in [0.29, 0.717) is 19.2 Å². The fourth-order valence-corrected chi connectivity index (χ4v) is 6.42. The minimum atomic E-state index is -0.185. The zero-order valence-electron chi connectivity index (χ0n) is 17.6. The second-order valence-electron chi connectivity index (χ2n) is 8.94. The lowest BCUT2D eigenvalue weighted by Crippen LogP contribution is -2.44. The zero-order chi connectivity index (χ0) is 20.7. The largest absolute Gasteiger partial charge is 0.448 e. The van der Waals surface area contributed by atoms with Crippen LogP contribution < -0.4 is 5.32 Å². The quantitative estimate of drug-likeness (QED) is 0.780. The summed E-state index contributed by atoms with van der Waals surface area (Å²) in [7, 11) is 0. The SMILES string of the molecule is Cc1nn(C2CCCCC2)c2sc(C(=O)N[C@H]3CC[C@H](N4CCOC4=O)CC3)cc12. The van der Waals surface area contributed by atoms with E-state index in [1.54, 1.807) is 11.3 Å². The third-order valence-electron chi connectivity index (χ3n) is 6.98. The number of thiophene rings is 1. The van der Waals surface area contributed by atoms with Gasteiger partial charge in [0.2, 0.25) is 0 Å². The van der Waals surface area contributed by atoms with Crippen molar-refractivity contribution in [1.29, 1.82) is 0 Å². The molecule has 5 rings (SSSR count). The summed E-state index contributed by atoms with van der Waals surface area (Å²) in [4.78, 5) is 28.5. The van der Waals surface area contributed by atoms with Crippen molar-refractivity contribution in [3.8, 4) is 0 Å². The number of carbonyl (C=O) groups excluding carboxylic acids is 2. The van der Waals surface area contributed by atoms with Crippen molar-refractivity contribution in [3.63, 3.8) is 0 Å². The van der Waals surface area contributed by atoms with E-state index in [-0.39, 0.29) is 24.1 Å². The maximum atomic E-state index is 13.0. The molecule has 0 bridgehead atoms. The number of amides is 2. The summed E-state index contributed by atoms with van der Waals surface area (Å²) in [5, 5.41) is 9.15. The molecule has 30 heavy (non-hydrogen) atoms. The number of ether oxygens (including phenoxy) is 1. The Hall–Kier alpha value is -2.09. The first-order valence-electron chi connectivity index (χ1n) is 11.3. The van der Waals surface area contributed by atoms with Gasteiger partial charge in [0.1, 0.15) is 11.4 Å². The highest BCUT2D eigenvalue weighted by atomic mass is 32.1. The lowest BCUT2D eigenvalue weighted by Gasteiger charge is -2.33. The Bertz CT molecular complexity index is 938. The van der Waals surface area contributed by atoms with E-state index in [9.17, 15) is 9.59 Å². The van der Waals surface area contributed by atoms with Crippen molar-refractivity contribution >= 4 is 33.6 Å². The van der Waals surface area contributed by atoms with E-state index in [1.807, 2.05) is 17.9 Å². The second-order valence-corrected chi connectivity index (χ2v) is 9.97. The third-order valence-corrected chi connectivity index (χ3v) is 8.10. The number of rotatable bonds is 4. The number of carbonyl (C=O) groups is 2. The first-order chi connectivity index (χ1) is 14.6. The Morgan fingerprint density at radius 1 is 1.13 bits per heavy atom. The molecule has 3 aliphatic rings. The van der Waals surface area contributed by atoms with Crippen molar-refractivity contribution in [3.05, 3.63) is 16.6 Å². The Morgan fingerprint density at radius 2 is 1.90 bits per heavy atom. The van der Waals surface area contributed by atoms with Gasteiger partial charge in [0.15, 0.2) is 0 Å². The summed E-state index contributed by atoms with van der Waals surface area (Å²) in [5.41, 5.74) is 1.02. The van der Waals surface area contributed by atoms with Crippen LogP contribution in [0.5, 0.6) is 0 Å². The Morgan fingerprint density at radius 3 is 2.60 bits per heavy atom. The van der Waals surface area contributed by atoms with Gasteiger partial charge in [0.05, 0.1) is 23.2 Å². The van der Waals surface area contributed by atoms with Gasteiger partial charge in [-0.25, -0.2) is 4.79 Å². The average molecular weight is 431 g/mol. The standard InChI is InChI=1S/C22H30N4O3S/c1-14-18-13-19(30-21(18)26(24-14)17-5-3-2-4-6-17)20(27)23-15-7-9-16(10-8-15)25-11-12-29-22(25)28/h13,15-17H,2-12H2,1H3,(H,23,27)/t15-,16-. The summed E-state index contributed by atoms with van der Waals surface area (Å²) in [6.07, 6.45) is 9.68. The van der Waals surface area contributed by atoms with Gasteiger partial charge < -0.3 is 15.0 Å². The molecule has 8 heteroatoms. The first-order valence-corrected chi connectivity index (χ1v) is 12.1. The molecule has 3 fully saturated rings. The molecule has 7 nitrogen and oxygen atoms in total. The highest BCUT2D eigenvalue weighted by Crippen LogP contribution is 2.35. The molecule has 2 aromatic heterocycles. The number of nitrogens with one attached hydrogen (secondary N) is 1. The normalized spacial score (nSPS) is 25.6. The van der Waals surface area contributed by atoms with Crippen LogP contribution >= 0.6 is 11.3 Å². The molecule has 0 atom stereocenters. The van der Waals surface area contributed by atoms with Crippen LogP contribution in [0.2, 0.25) is 0 Å². The monoisotopic (exact) mass is 430 g/mol. The van der Waals surface area contributed by atoms with Gasteiger partial charge in [-0.2, -0.15) is 5.10 Å². The number of aromatic nitrogens is 2. The van der Waals surface area contributed by atoms with Crippen LogP contribution in [0.3, 0.4) is 0 Å². The first kappa shape index (κ1) is 19.8. The van der Waals surface area contributed by atoms with Gasteiger partial charge in [-0.1, -0.05) is 19.3 Å². The van der Waals surface area contributed by atoms with Crippen LogP contribution in [-0.4, -0.2) is 51.9 Å². The molecule has 2 amide bonds. The van der Waals surface area contributed by atoms with Crippen LogP contribution in [0.15, 0.2) is 6.07 Å². The maximum Gasteiger partial charge on any atom is 0.410 e. The van der Waals surface area contributed by atoms with Gasteiger partial charge in [-0.05, 0) is 51.5 Å². The van der Waals surface area contributed by atoms with Crippen LogP contribution in [-0.2, 0) is 4.74 Å². The van der Waals surface area contributed by atoms with Crippen molar-refractivity contribution in [2.45, 2.75) is 82.8 Å². The molecule has 1 N–H and O–H groups in total. The van der Waals surface area contributed by atoms with E-state index in [0.717, 1.165) is 46.5 Å². The molecule has 0 aromatic carbocycles. The molecule has 3 heterocycles. The minimum absolute atomic E-state index is 0.0230. The minimum Gasteiger partial charge on any atom is -0.448 e. The molecular formula is C22H30N4O3S. The predicted molar refractivity (Wildman–Crippen MR) is 116 cm³/mol. The molecule has 2 saturated carbocycles. The Balaban J connectivity index is 1.24. The van der Waals surface area contributed by atoms with E-state index in [1.165, 1.54) is 32.1 Å². The molecule has 0 spiro atoms. The lowest BCUT2D eigenvalue weighted by atomic mass is 9.90. The zero-order valence-corrected chi connectivity index (χ0v) is 18.4. The van der Waals surface area contributed by atoms with E-state index in [4.69, 9.17) is 9.84 Å². The van der Waals surface area contributed by atoms with Gasteiger partial charge in [0.25, 0.3) is 5.91 Å². The van der Waals surface area contributed by atoms with Crippen molar-refractivity contribution in [2.24, 2.45) is 0 Å². The Kier molecular flexibility index (Phi) is 5.43. The van der Waals surface area contributed by atoms with Crippen LogP contribution in [0, 0.1) is 6.92 Å². The third kappa shape index (κ3) is 3.70. The number of nitrogens with zero attached hydrogens (tertiary/aromatic N) is 3. The van der Waals surface area contributed by atoms with Crippen LogP contribution in [0.4, 0.5) is 4.79 Å². The van der Waals surface area contributed by atoms with Crippen molar-refractivity contribution < 1.29 is 14.3 Å². The summed E-state index contributed by atoms with van der Waals surface area (Å²) in [6, 6.07) is 2.91. The molecule has 1 saturated heterocycles. The fraction of sp³-hybridized carbons (Fsp3) is 0.682. The average Bonchev–Trinajstić information content (AvgIpc) is 3.46. The molecular weight excluding hydrogens is 400 g/mol. The number of hydrogen-bond acceptors (Lipinski definition) is 5. The summed E-state index contributed by atoms with van der Waals surface area (Å²) >= 11 is 1.58. The maximum absolute atomic E-state index is 13.0. The molecule has 2 aliphatic carbocycles. The highest BCUT2D eigenvalue weighted by Gasteiger charge is 2.33. The van der Waals surface area contributed by atoms with Crippen LogP contribution in [0.25, 0.3) is 10.2 Å². The summed E-state index contributed by atoms with van der Waals surface area (Å²) in [6.45, 7) is 3.24. The van der Waals surface area contributed by atoms with Gasteiger partial charge in [-0.3, -0.25) is 9.48 Å². The molecule has 2 aromatic rings. The second kappa shape index (κ2) is 8.21. The van der Waals surface area contributed by atoms with Gasteiger partial charge >= 0.3 is 6.09 Å². The number of hydrogen-bond donors (Lipinski definition) is 1. The van der Waals surface area contributed by atoms with Crippen LogP contribution in [0.1, 0.15) is 79.2 Å². The predicted octanol–water partition coefficient (Wildman–Crippen LogP) is 4.40. The summed E-state index contributed by atoms with van der Waals surface area (Å²) < 4.78 is 7.25. The number of cyclic esters (lactones) is 1. The summed E-state index contributed by atoms with van der Waals surface area (Å²) in [5.74, 6) is 0.0230. The molecule has 1 aliphatic heterocycles. The van der Waals surface area contributed by atoms with Gasteiger partial charge in [-0.15, -0.1) is 11.3 Å². The van der Waals surface area contributed by atoms with Crippen molar-refractivity contribution in [1.82, 2.24) is 20.0 Å². The smallest absolute Gasteiger partial charge is 0.410 e. The topological polar surface area (TPSA) is 76.5 Å². The van der Waals surface area contributed by atoms with Crippen molar-refractivity contribution in [2.75, 3.05) is 13.2 Å². The fourth-order valence-electron chi connectivity index (χ4n) is 5.28. The number of aryl methyl sites for hydroxylation is 1. The molecule has 162 valence electrons. The molecule has 0 radical (unpaired) electrons. The van der Waals surface area contributed by atoms with E-state index >= 15 is 0 Å². The number of fused-ring (bicyclic) bond motifs is 1. The van der Waals surface area contributed by atoms with E-state index < -0.39 is 0 Å². The van der Waals surface area contributed by atoms with E-state index in [2.05, 4.69) is 10.00 Å².